The molecule has 1 aromatic carbocycles. The van der Waals surface area contributed by atoms with Gasteiger partial charge in [0.2, 0.25) is 0 Å². The average molecular weight is 305 g/mol. The van der Waals surface area contributed by atoms with Crippen molar-refractivity contribution in [1.82, 2.24) is 14.3 Å². The van der Waals surface area contributed by atoms with Crippen molar-refractivity contribution in [3.05, 3.63) is 59.9 Å². The fourth-order valence-corrected chi connectivity index (χ4v) is 3.37. The van der Waals surface area contributed by atoms with E-state index in [-0.39, 0.29) is 0 Å². The van der Waals surface area contributed by atoms with Crippen molar-refractivity contribution < 1.29 is 0 Å². The summed E-state index contributed by atoms with van der Waals surface area (Å²) in [7, 11) is 0. The molecule has 0 spiro atoms. The van der Waals surface area contributed by atoms with E-state index in [1.54, 1.807) is 0 Å². The van der Waals surface area contributed by atoms with Gasteiger partial charge in [-0.3, -0.25) is 4.90 Å². The highest BCUT2D eigenvalue weighted by Crippen LogP contribution is 2.21. The second-order valence-electron chi connectivity index (χ2n) is 6.63. The smallest absolute Gasteiger partial charge is 0.137 e. The Labute approximate surface area is 137 Å². The number of hydrogen-bond donors (Lipinski definition) is 0. The third-order valence-electron chi connectivity index (χ3n) is 4.71. The van der Waals surface area contributed by atoms with Gasteiger partial charge in [0.15, 0.2) is 0 Å². The largest absolute Gasteiger partial charge is 0.306 e. The number of hydrogen-bond acceptors (Lipinski definition) is 2. The zero-order valence-electron chi connectivity index (χ0n) is 13.7. The molecule has 3 nitrogen and oxygen atoms in total. The van der Waals surface area contributed by atoms with Gasteiger partial charge in [0, 0.05) is 24.5 Å². The van der Waals surface area contributed by atoms with Crippen LogP contribution in [0.4, 0.5) is 0 Å². The lowest BCUT2D eigenvalue weighted by Gasteiger charge is -2.26. The Morgan fingerprint density at radius 1 is 0.913 bits per heavy atom. The molecule has 3 heteroatoms. The summed E-state index contributed by atoms with van der Waals surface area (Å²) in [5.41, 5.74) is 5.88. The maximum Gasteiger partial charge on any atom is 0.137 e. The van der Waals surface area contributed by atoms with Gasteiger partial charge >= 0.3 is 0 Å². The quantitative estimate of drug-likeness (QED) is 0.719. The van der Waals surface area contributed by atoms with Crippen LogP contribution in [-0.2, 0) is 6.54 Å². The molecule has 1 saturated heterocycles. The first-order valence-corrected chi connectivity index (χ1v) is 8.55. The van der Waals surface area contributed by atoms with Crippen LogP contribution >= 0.6 is 0 Å². The lowest BCUT2D eigenvalue weighted by molar-refractivity contribution is 0.220. The highest BCUT2D eigenvalue weighted by Gasteiger charge is 2.11. The van der Waals surface area contributed by atoms with Gasteiger partial charge in [-0.05, 0) is 44.5 Å². The van der Waals surface area contributed by atoms with Gasteiger partial charge in [0.25, 0.3) is 0 Å². The van der Waals surface area contributed by atoms with Crippen LogP contribution in [-0.4, -0.2) is 27.4 Å². The van der Waals surface area contributed by atoms with Crippen LogP contribution in [0.15, 0.2) is 48.8 Å². The molecule has 0 unspecified atom stereocenters. The number of likely N-dealkylation sites (tertiary alicyclic amines) is 1. The molecule has 1 fully saturated rings. The number of aryl methyl sites for hydroxylation is 1. The minimum absolute atomic E-state index is 1.02. The summed E-state index contributed by atoms with van der Waals surface area (Å²) in [6, 6.07) is 12.9. The third-order valence-corrected chi connectivity index (χ3v) is 4.71. The van der Waals surface area contributed by atoms with Crippen molar-refractivity contribution in [2.45, 2.75) is 32.7 Å². The Hall–Kier alpha value is -2.13. The Morgan fingerprint density at radius 2 is 1.70 bits per heavy atom. The van der Waals surface area contributed by atoms with Crippen molar-refractivity contribution in [2.24, 2.45) is 0 Å². The van der Waals surface area contributed by atoms with E-state index in [0.29, 0.717) is 0 Å². The van der Waals surface area contributed by atoms with E-state index in [2.05, 4.69) is 65.0 Å². The van der Waals surface area contributed by atoms with E-state index in [0.717, 1.165) is 17.9 Å². The summed E-state index contributed by atoms with van der Waals surface area (Å²) >= 11 is 0. The number of imidazole rings is 1. The zero-order chi connectivity index (χ0) is 15.6. The van der Waals surface area contributed by atoms with Crippen molar-refractivity contribution in [3.8, 4) is 11.3 Å². The molecule has 0 saturated carbocycles. The molecule has 2 aromatic heterocycles. The van der Waals surface area contributed by atoms with Gasteiger partial charge < -0.3 is 4.40 Å². The first-order chi connectivity index (χ1) is 11.3. The first kappa shape index (κ1) is 14.5. The number of piperidine rings is 1. The Morgan fingerprint density at radius 3 is 2.48 bits per heavy atom. The monoisotopic (exact) mass is 305 g/mol. The van der Waals surface area contributed by atoms with Gasteiger partial charge in [-0.1, -0.05) is 42.3 Å². The van der Waals surface area contributed by atoms with Gasteiger partial charge in [0.05, 0.1) is 5.69 Å². The minimum Gasteiger partial charge on any atom is -0.306 e. The fourth-order valence-electron chi connectivity index (χ4n) is 3.37. The SMILES string of the molecule is Cc1ccc(-c2cn3cc(CN4CCCCC4)ccc3n2)cc1. The third kappa shape index (κ3) is 3.15. The Bertz CT molecular complexity index is 795. The fraction of sp³-hybridized carbons (Fsp3) is 0.350. The summed E-state index contributed by atoms with van der Waals surface area (Å²) in [5, 5.41) is 0. The van der Waals surface area contributed by atoms with Crippen molar-refractivity contribution >= 4 is 5.65 Å². The molecule has 118 valence electrons. The molecular formula is C20H23N3. The number of aromatic nitrogens is 2. The van der Waals surface area contributed by atoms with Gasteiger partial charge in [0.1, 0.15) is 5.65 Å². The number of fused-ring (bicyclic) bond motifs is 1. The van der Waals surface area contributed by atoms with Crippen molar-refractivity contribution in [1.29, 1.82) is 0 Å². The van der Waals surface area contributed by atoms with Crippen molar-refractivity contribution in [2.75, 3.05) is 13.1 Å². The van der Waals surface area contributed by atoms with Crippen LogP contribution in [0, 0.1) is 6.92 Å². The molecule has 0 radical (unpaired) electrons. The van der Waals surface area contributed by atoms with E-state index in [1.807, 2.05) is 0 Å². The van der Waals surface area contributed by atoms with E-state index >= 15 is 0 Å². The molecule has 1 aliphatic heterocycles. The molecule has 23 heavy (non-hydrogen) atoms. The Kier molecular flexibility index (Phi) is 3.88. The van der Waals surface area contributed by atoms with E-state index in [1.165, 1.54) is 49.0 Å². The summed E-state index contributed by atoms with van der Waals surface area (Å²) in [6.45, 7) is 5.63. The highest BCUT2D eigenvalue weighted by atomic mass is 15.1. The zero-order valence-corrected chi connectivity index (χ0v) is 13.7. The van der Waals surface area contributed by atoms with Crippen LogP contribution in [0.1, 0.15) is 30.4 Å². The second-order valence-corrected chi connectivity index (χ2v) is 6.63. The number of pyridine rings is 1. The predicted octanol–water partition coefficient (Wildman–Crippen LogP) is 4.30. The topological polar surface area (TPSA) is 20.5 Å². The molecule has 0 amide bonds. The standard InChI is InChI=1S/C20H23N3/c1-16-5-8-18(9-6-16)19-15-23-14-17(7-10-20(23)21-19)13-22-11-3-2-4-12-22/h5-10,14-15H,2-4,11-13H2,1H3. The van der Waals surface area contributed by atoms with Crippen LogP contribution in [0.3, 0.4) is 0 Å². The lowest BCUT2D eigenvalue weighted by atomic mass is 10.1. The number of rotatable bonds is 3. The summed E-state index contributed by atoms with van der Waals surface area (Å²) in [4.78, 5) is 7.31. The summed E-state index contributed by atoms with van der Waals surface area (Å²) in [6.07, 6.45) is 8.43. The molecular weight excluding hydrogens is 282 g/mol. The first-order valence-electron chi connectivity index (χ1n) is 8.55. The van der Waals surface area contributed by atoms with Crippen molar-refractivity contribution in [3.63, 3.8) is 0 Å². The number of nitrogens with zero attached hydrogens (tertiary/aromatic N) is 3. The van der Waals surface area contributed by atoms with Crippen LogP contribution < -0.4 is 0 Å². The Balaban J connectivity index is 1.60. The molecule has 0 aliphatic carbocycles. The van der Waals surface area contributed by atoms with Crippen LogP contribution in [0.25, 0.3) is 16.9 Å². The van der Waals surface area contributed by atoms with E-state index in [9.17, 15) is 0 Å². The lowest BCUT2D eigenvalue weighted by Crippen LogP contribution is -2.29. The molecule has 0 N–H and O–H groups in total. The van der Waals surface area contributed by atoms with E-state index < -0.39 is 0 Å². The molecule has 3 aromatic rings. The minimum atomic E-state index is 1.02. The number of benzene rings is 1. The van der Waals surface area contributed by atoms with Gasteiger partial charge in [-0.25, -0.2) is 4.98 Å². The highest BCUT2D eigenvalue weighted by molar-refractivity contribution is 5.63. The second kappa shape index (κ2) is 6.17. The van der Waals surface area contributed by atoms with Gasteiger partial charge in [-0.2, -0.15) is 0 Å². The maximum atomic E-state index is 4.75. The van der Waals surface area contributed by atoms with Crippen LogP contribution in [0.5, 0.6) is 0 Å². The molecule has 0 bridgehead atoms. The molecule has 4 rings (SSSR count). The molecule has 0 atom stereocenters. The summed E-state index contributed by atoms with van der Waals surface area (Å²) in [5.74, 6) is 0. The predicted molar refractivity (Wildman–Crippen MR) is 94.5 cm³/mol. The normalized spacial score (nSPS) is 16.0. The maximum absolute atomic E-state index is 4.75. The summed E-state index contributed by atoms with van der Waals surface area (Å²) < 4.78 is 2.16. The van der Waals surface area contributed by atoms with Gasteiger partial charge in [-0.15, -0.1) is 0 Å². The van der Waals surface area contributed by atoms with E-state index in [4.69, 9.17) is 4.98 Å². The average Bonchev–Trinajstić information content (AvgIpc) is 3.00. The van der Waals surface area contributed by atoms with Crippen LogP contribution in [0.2, 0.25) is 0 Å². The molecule has 3 heterocycles. The molecule has 1 aliphatic rings.